The Kier molecular flexibility index (Phi) is 13.3. The molecule has 0 fully saturated rings. The van der Waals surface area contributed by atoms with Crippen molar-refractivity contribution in [2.45, 2.75) is 105 Å². The maximum absolute atomic E-state index is 12.6. The van der Waals surface area contributed by atoms with Crippen LogP contribution in [0.1, 0.15) is 105 Å². The van der Waals surface area contributed by atoms with E-state index in [-0.39, 0.29) is 48.5 Å². The standard InChI is InChI=1S/C70H67N4O.Pt/c1-67(2,3)49-31-34-62(56(41-49)45-21-14-13-15-22-45)74-63-28-20-25-53(64(63)72-66(74)57-42-51(69(7,8)9)43-58(65(57)75)70(10,11)12)47-37-48(39-50(38-47)68(4,5)6)59-40-46(35-36-71-59)44-29-32-52(33-30-44)73-60-26-18-16-23-54(60)55-24-17-19-27-61(55)73;/h13-36,38-43,75H,1-12H3;/q-1;. The molecule has 0 aliphatic heterocycles. The van der Waals surface area contributed by atoms with Gasteiger partial charge in [0.25, 0.3) is 0 Å². The first-order valence-corrected chi connectivity index (χ1v) is 26.4. The van der Waals surface area contributed by atoms with Crippen LogP contribution < -0.4 is 0 Å². The average Bonchev–Trinajstić information content (AvgIpc) is 3.94. The van der Waals surface area contributed by atoms with Crippen molar-refractivity contribution in [2.75, 3.05) is 0 Å². The normalized spacial score (nSPS) is 12.4. The van der Waals surface area contributed by atoms with Gasteiger partial charge in [0, 0.05) is 60.5 Å². The Morgan fingerprint density at radius 3 is 1.64 bits per heavy atom. The predicted molar refractivity (Wildman–Crippen MR) is 316 cm³/mol. The molecule has 76 heavy (non-hydrogen) atoms. The molecule has 0 saturated heterocycles. The molecule has 1 N–H and O–H groups in total. The van der Waals surface area contributed by atoms with E-state index >= 15 is 0 Å². The van der Waals surface area contributed by atoms with Crippen LogP contribution in [0.4, 0.5) is 0 Å². The SMILES string of the molecule is CC(C)(C)c1cc(-c2cc(-c3ccc(-n4c5ccccc5c5ccccc54)cc3)ccn2)[c-]c(-c2cccc3c2nc(-c2cc(C(C)(C)C)cc(C(C)(C)C)c2O)n3-c2ccc(C(C)(C)C)cc2-c2ccccc2)c1.[Pt]. The number of aromatic hydroxyl groups is 1. The van der Waals surface area contributed by atoms with E-state index in [1.54, 1.807) is 0 Å². The fraction of sp³-hybridized carbons (Fsp3) is 0.229. The second-order valence-electron chi connectivity index (χ2n) is 24.5. The van der Waals surface area contributed by atoms with Crippen molar-refractivity contribution in [1.82, 2.24) is 19.1 Å². The Bertz CT molecular complexity index is 3930. The molecule has 6 heteroatoms. The number of phenolic OH excluding ortho intramolecular Hbond substituents is 1. The minimum atomic E-state index is -0.341. The number of nitrogens with zero attached hydrogens (tertiary/aromatic N) is 4. The molecule has 5 nitrogen and oxygen atoms in total. The number of imidazole rings is 1. The molecule has 0 spiro atoms. The van der Waals surface area contributed by atoms with Crippen LogP contribution in [-0.2, 0) is 42.7 Å². The van der Waals surface area contributed by atoms with Crippen LogP contribution in [0.5, 0.6) is 5.75 Å². The van der Waals surface area contributed by atoms with Crippen LogP contribution in [0.15, 0.2) is 182 Å². The second kappa shape index (κ2) is 19.4. The summed E-state index contributed by atoms with van der Waals surface area (Å²) in [5.41, 5.74) is 18.6. The molecule has 0 amide bonds. The van der Waals surface area contributed by atoms with Gasteiger partial charge in [-0.05, 0) is 104 Å². The molecule has 3 heterocycles. The predicted octanol–water partition coefficient (Wildman–Crippen LogP) is 18.5. The zero-order chi connectivity index (χ0) is 52.8. The van der Waals surface area contributed by atoms with E-state index in [2.05, 4.69) is 274 Å². The Hall–Kier alpha value is -7.33. The van der Waals surface area contributed by atoms with E-state index in [0.717, 1.165) is 78.2 Å². The third-order valence-corrected chi connectivity index (χ3v) is 15.0. The third-order valence-electron chi connectivity index (χ3n) is 15.0. The molecule has 11 rings (SSSR count). The van der Waals surface area contributed by atoms with Gasteiger partial charge < -0.3 is 9.67 Å². The number of phenols is 1. The number of para-hydroxylation sites is 3. The molecule has 0 unspecified atom stereocenters. The van der Waals surface area contributed by atoms with E-state index in [9.17, 15) is 5.11 Å². The summed E-state index contributed by atoms with van der Waals surface area (Å²) in [4.78, 5) is 10.7. The topological polar surface area (TPSA) is 55.9 Å². The number of hydrogen-bond acceptors (Lipinski definition) is 3. The van der Waals surface area contributed by atoms with E-state index in [0.29, 0.717) is 11.4 Å². The summed E-state index contributed by atoms with van der Waals surface area (Å²) in [6.45, 7) is 26.8. The molecular formula is C70H67N4OPt-. The summed E-state index contributed by atoms with van der Waals surface area (Å²) in [6, 6.07) is 67.1. The van der Waals surface area contributed by atoms with Crippen molar-refractivity contribution in [2.24, 2.45) is 0 Å². The molecular weight excluding hydrogens is 1110 g/mol. The second-order valence-corrected chi connectivity index (χ2v) is 24.5. The summed E-state index contributed by atoms with van der Waals surface area (Å²) in [5.74, 6) is 0.926. The minimum Gasteiger partial charge on any atom is -0.507 e. The van der Waals surface area contributed by atoms with Gasteiger partial charge in [0.2, 0.25) is 0 Å². The third kappa shape index (κ3) is 9.53. The molecule has 11 aromatic rings. The molecule has 0 bridgehead atoms. The Morgan fingerprint density at radius 1 is 0.434 bits per heavy atom. The number of pyridine rings is 1. The van der Waals surface area contributed by atoms with E-state index in [1.807, 2.05) is 6.20 Å². The number of rotatable bonds is 7. The fourth-order valence-electron chi connectivity index (χ4n) is 10.6. The van der Waals surface area contributed by atoms with Crippen molar-refractivity contribution in [3.8, 4) is 73.2 Å². The Morgan fingerprint density at radius 2 is 1.01 bits per heavy atom. The summed E-state index contributed by atoms with van der Waals surface area (Å²) in [6.07, 6.45) is 1.91. The van der Waals surface area contributed by atoms with Gasteiger partial charge in [-0.15, -0.1) is 29.3 Å². The van der Waals surface area contributed by atoms with Crippen LogP contribution in [0.2, 0.25) is 0 Å². The number of fused-ring (bicyclic) bond motifs is 4. The van der Waals surface area contributed by atoms with Crippen molar-refractivity contribution in [3.05, 3.63) is 210 Å². The molecule has 0 aliphatic carbocycles. The smallest absolute Gasteiger partial charge is 0.148 e. The van der Waals surface area contributed by atoms with Crippen molar-refractivity contribution < 1.29 is 26.2 Å². The summed E-state index contributed by atoms with van der Waals surface area (Å²) < 4.78 is 4.64. The monoisotopic (exact) mass is 1170 g/mol. The zero-order valence-corrected chi connectivity index (χ0v) is 48.1. The quantitative estimate of drug-likeness (QED) is 0.162. The van der Waals surface area contributed by atoms with Crippen LogP contribution >= 0.6 is 0 Å². The van der Waals surface area contributed by atoms with Crippen molar-refractivity contribution >= 4 is 32.8 Å². The maximum Gasteiger partial charge on any atom is 0.148 e. The van der Waals surface area contributed by atoms with Crippen molar-refractivity contribution in [3.63, 3.8) is 0 Å². The van der Waals surface area contributed by atoms with Crippen LogP contribution in [0, 0.1) is 6.07 Å². The number of hydrogen-bond donors (Lipinski definition) is 1. The van der Waals surface area contributed by atoms with Gasteiger partial charge in [-0.25, -0.2) is 4.98 Å². The number of benzene rings is 8. The van der Waals surface area contributed by atoms with E-state index in [1.165, 1.54) is 32.9 Å². The van der Waals surface area contributed by atoms with Gasteiger partial charge in [0.1, 0.15) is 11.6 Å². The number of aromatic nitrogens is 4. The zero-order valence-electron chi connectivity index (χ0n) is 45.9. The Labute approximate surface area is 463 Å². The summed E-state index contributed by atoms with van der Waals surface area (Å²) in [5, 5.41) is 15.1. The first-order valence-electron chi connectivity index (χ1n) is 26.4. The van der Waals surface area contributed by atoms with Gasteiger partial charge in [0.05, 0.1) is 33.3 Å². The van der Waals surface area contributed by atoms with Gasteiger partial charge in [-0.1, -0.05) is 203 Å². The maximum atomic E-state index is 12.6. The van der Waals surface area contributed by atoms with Gasteiger partial charge in [-0.2, -0.15) is 0 Å². The van der Waals surface area contributed by atoms with Crippen LogP contribution in [0.3, 0.4) is 0 Å². The summed E-state index contributed by atoms with van der Waals surface area (Å²) in [7, 11) is 0. The minimum absolute atomic E-state index is 0. The molecule has 0 atom stereocenters. The van der Waals surface area contributed by atoms with E-state index < -0.39 is 0 Å². The van der Waals surface area contributed by atoms with E-state index in [4.69, 9.17) is 9.97 Å². The molecule has 384 valence electrons. The molecule has 0 radical (unpaired) electrons. The fourth-order valence-corrected chi connectivity index (χ4v) is 10.6. The van der Waals surface area contributed by atoms with Gasteiger partial charge in [-0.3, -0.25) is 9.55 Å². The Balaban J connectivity index is 0.00000657. The first kappa shape index (κ1) is 52.1. The molecule has 3 aromatic heterocycles. The first-order chi connectivity index (χ1) is 35.6. The average molecular weight is 1180 g/mol. The van der Waals surface area contributed by atoms with Gasteiger partial charge in [0.15, 0.2) is 0 Å². The van der Waals surface area contributed by atoms with Gasteiger partial charge >= 0.3 is 0 Å². The summed E-state index contributed by atoms with van der Waals surface area (Å²) >= 11 is 0. The van der Waals surface area contributed by atoms with Crippen LogP contribution in [0.25, 0.3) is 100 Å². The van der Waals surface area contributed by atoms with Crippen molar-refractivity contribution in [1.29, 1.82) is 0 Å². The molecule has 0 saturated carbocycles. The molecule has 0 aliphatic rings. The largest absolute Gasteiger partial charge is 0.507 e. The van der Waals surface area contributed by atoms with Crippen LogP contribution in [-0.4, -0.2) is 24.2 Å². The molecule has 8 aromatic carbocycles.